The number of aliphatic carboxylic acids is 1. The fourth-order valence-electron chi connectivity index (χ4n) is 3.76. The van der Waals surface area contributed by atoms with Crippen molar-refractivity contribution in [3.05, 3.63) is 59.8 Å². The highest BCUT2D eigenvalue weighted by atomic mass is 32.2. The number of nitrogens with zero attached hydrogens (tertiary/aromatic N) is 4. The van der Waals surface area contributed by atoms with Crippen molar-refractivity contribution >= 4 is 27.4 Å². The summed E-state index contributed by atoms with van der Waals surface area (Å²) in [4.78, 5) is 27.0. The van der Waals surface area contributed by atoms with E-state index in [4.69, 9.17) is 10.1 Å². The second kappa shape index (κ2) is 9.53. The molecule has 10 heteroatoms. The van der Waals surface area contributed by atoms with Crippen LogP contribution in [0.4, 0.5) is 11.6 Å². The van der Waals surface area contributed by atoms with Crippen molar-refractivity contribution in [2.75, 3.05) is 36.1 Å². The molecule has 1 aliphatic rings. The Balaban J connectivity index is 1.62. The second-order valence-corrected chi connectivity index (χ2v) is 9.93. The lowest BCUT2D eigenvalue weighted by Gasteiger charge is -2.22. The third-order valence-electron chi connectivity index (χ3n) is 5.48. The van der Waals surface area contributed by atoms with Gasteiger partial charge in [-0.2, -0.15) is 0 Å². The molecule has 0 atom stereocenters. The van der Waals surface area contributed by atoms with Crippen LogP contribution in [0.5, 0.6) is 0 Å². The average Bonchev–Trinajstić information content (AvgIpc) is 3.01. The van der Waals surface area contributed by atoms with Gasteiger partial charge < -0.3 is 15.3 Å². The van der Waals surface area contributed by atoms with Crippen LogP contribution in [0, 0.1) is 0 Å². The highest BCUT2D eigenvalue weighted by Crippen LogP contribution is 2.26. The summed E-state index contributed by atoms with van der Waals surface area (Å²) in [6, 6.07) is 12.6. The lowest BCUT2D eigenvalue weighted by atomic mass is 10.0. The summed E-state index contributed by atoms with van der Waals surface area (Å²) >= 11 is 0. The van der Waals surface area contributed by atoms with Gasteiger partial charge in [-0.05, 0) is 48.2 Å². The minimum absolute atomic E-state index is 0.0278. The number of hydrogen-bond acceptors (Lipinski definition) is 8. The van der Waals surface area contributed by atoms with Crippen molar-refractivity contribution in [1.82, 2.24) is 15.0 Å². The van der Waals surface area contributed by atoms with Gasteiger partial charge in [0.05, 0.1) is 11.3 Å². The molecule has 33 heavy (non-hydrogen) atoms. The SMILES string of the molecule is CS(=O)(=O)c1ccc2c(c1)CCN(c1cc(NCCC(=O)O)nc(-c3ccccn3)n1)CC2. The highest BCUT2D eigenvalue weighted by molar-refractivity contribution is 7.90. The number of fused-ring (bicyclic) bond motifs is 1. The van der Waals surface area contributed by atoms with Crippen molar-refractivity contribution in [2.45, 2.75) is 24.2 Å². The fourth-order valence-corrected chi connectivity index (χ4v) is 4.43. The van der Waals surface area contributed by atoms with Gasteiger partial charge in [0.15, 0.2) is 15.7 Å². The number of benzene rings is 1. The van der Waals surface area contributed by atoms with Gasteiger partial charge in [0.25, 0.3) is 0 Å². The molecular weight excluding hydrogens is 442 g/mol. The van der Waals surface area contributed by atoms with E-state index >= 15 is 0 Å². The van der Waals surface area contributed by atoms with Crippen molar-refractivity contribution in [2.24, 2.45) is 0 Å². The zero-order valence-electron chi connectivity index (χ0n) is 18.2. The van der Waals surface area contributed by atoms with Crippen molar-refractivity contribution in [3.63, 3.8) is 0 Å². The Labute approximate surface area is 192 Å². The maximum absolute atomic E-state index is 12.0. The molecule has 3 heterocycles. The Morgan fingerprint density at radius 2 is 1.88 bits per heavy atom. The number of carboxylic acids is 1. The Bertz CT molecular complexity index is 1270. The summed E-state index contributed by atoms with van der Waals surface area (Å²) in [5.74, 6) is 0.801. The van der Waals surface area contributed by atoms with Crippen molar-refractivity contribution in [1.29, 1.82) is 0 Å². The van der Waals surface area contributed by atoms with Gasteiger partial charge in [-0.25, -0.2) is 18.4 Å². The summed E-state index contributed by atoms with van der Waals surface area (Å²) in [5, 5.41) is 12.0. The summed E-state index contributed by atoms with van der Waals surface area (Å²) in [7, 11) is -3.26. The molecule has 9 nitrogen and oxygen atoms in total. The van der Waals surface area contributed by atoms with Crippen LogP contribution in [0.2, 0.25) is 0 Å². The number of sulfone groups is 1. The molecule has 172 valence electrons. The van der Waals surface area contributed by atoms with Crippen LogP contribution in [0.1, 0.15) is 17.5 Å². The van der Waals surface area contributed by atoms with Crippen LogP contribution in [0.15, 0.2) is 53.6 Å². The molecule has 4 rings (SSSR count). The Hall–Kier alpha value is -3.53. The van der Waals surface area contributed by atoms with Gasteiger partial charge >= 0.3 is 5.97 Å². The Morgan fingerprint density at radius 3 is 2.58 bits per heavy atom. The molecule has 0 amide bonds. The molecule has 0 spiro atoms. The maximum Gasteiger partial charge on any atom is 0.305 e. The molecule has 1 aromatic carbocycles. The molecule has 2 aromatic heterocycles. The average molecular weight is 468 g/mol. The molecule has 0 radical (unpaired) electrons. The zero-order chi connectivity index (χ0) is 23.4. The smallest absolute Gasteiger partial charge is 0.305 e. The van der Waals surface area contributed by atoms with Gasteiger partial charge in [-0.1, -0.05) is 12.1 Å². The minimum Gasteiger partial charge on any atom is -0.481 e. The van der Waals surface area contributed by atoms with Gasteiger partial charge in [-0.15, -0.1) is 0 Å². The quantitative estimate of drug-likeness (QED) is 0.539. The standard InChI is InChI=1S/C23H25N5O4S/c1-33(31,32)18-6-5-16-8-12-28(13-9-17(16)14-18)21-15-20(25-11-7-22(29)30)26-23(27-21)19-4-2-3-10-24-19/h2-6,10,14-15H,7-9,11-13H2,1H3,(H,29,30)(H,25,26,27). The van der Waals surface area contributed by atoms with Crippen LogP contribution < -0.4 is 10.2 Å². The van der Waals surface area contributed by atoms with Gasteiger partial charge in [0, 0.05) is 38.2 Å². The number of pyridine rings is 1. The minimum atomic E-state index is -3.26. The number of nitrogens with one attached hydrogen (secondary N) is 1. The predicted molar refractivity (Wildman–Crippen MR) is 125 cm³/mol. The lowest BCUT2D eigenvalue weighted by molar-refractivity contribution is -0.136. The van der Waals surface area contributed by atoms with Crippen LogP contribution in [0.3, 0.4) is 0 Å². The Morgan fingerprint density at radius 1 is 1.09 bits per heavy atom. The molecule has 0 bridgehead atoms. The van der Waals surface area contributed by atoms with Gasteiger partial charge in [0.1, 0.15) is 17.3 Å². The van der Waals surface area contributed by atoms with Crippen LogP contribution in [0.25, 0.3) is 11.5 Å². The van der Waals surface area contributed by atoms with Gasteiger partial charge in [0.2, 0.25) is 0 Å². The van der Waals surface area contributed by atoms with Crippen molar-refractivity contribution < 1.29 is 18.3 Å². The van der Waals surface area contributed by atoms with Crippen LogP contribution >= 0.6 is 0 Å². The van der Waals surface area contributed by atoms with Gasteiger partial charge in [-0.3, -0.25) is 9.78 Å². The van der Waals surface area contributed by atoms with E-state index in [2.05, 4.69) is 20.2 Å². The van der Waals surface area contributed by atoms with Crippen molar-refractivity contribution in [3.8, 4) is 11.5 Å². The first-order chi connectivity index (χ1) is 15.8. The molecule has 0 saturated carbocycles. The van der Waals surface area contributed by atoms with E-state index in [-0.39, 0.29) is 13.0 Å². The maximum atomic E-state index is 12.0. The summed E-state index contributed by atoms with van der Waals surface area (Å²) < 4.78 is 23.9. The number of carboxylic acid groups (broad SMARTS) is 1. The second-order valence-electron chi connectivity index (χ2n) is 7.91. The summed E-state index contributed by atoms with van der Waals surface area (Å²) in [6.45, 7) is 1.61. The molecule has 0 aliphatic carbocycles. The number of anilines is 2. The van der Waals surface area contributed by atoms with Crippen LogP contribution in [-0.4, -0.2) is 60.3 Å². The molecule has 0 saturated heterocycles. The monoisotopic (exact) mass is 467 g/mol. The van der Waals surface area contributed by atoms with E-state index in [9.17, 15) is 13.2 Å². The zero-order valence-corrected chi connectivity index (χ0v) is 19.0. The number of aromatic nitrogens is 3. The first-order valence-electron chi connectivity index (χ1n) is 10.6. The molecule has 0 fully saturated rings. The van der Waals surface area contributed by atoms with E-state index in [1.807, 2.05) is 30.3 Å². The van der Waals surface area contributed by atoms with E-state index in [0.29, 0.717) is 47.6 Å². The number of hydrogen-bond donors (Lipinski definition) is 2. The molecular formula is C23H25N5O4S. The summed E-state index contributed by atoms with van der Waals surface area (Å²) in [5.41, 5.74) is 2.78. The van der Waals surface area contributed by atoms with Crippen LogP contribution in [-0.2, 0) is 27.5 Å². The van der Waals surface area contributed by atoms with E-state index < -0.39 is 15.8 Å². The topological polar surface area (TPSA) is 125 Å². The largest absolute Gasteiger partial charge is 0.481 e. The van der Waals surface area contributed by atoms with E-state index in [1.54, 1.807) is 18.3 Å². The number of carbonyl (C=O) groups is 1. The first kappa shape index (κ1) is 22.7. The molecule has 1 aliphatic heterocycles. The third-order valence-corrected chi connectivity index (χ3v) is 6.59. The molecule has 3 aromatic rings. The van der Waals surface area contributed by atoms with E-state index in [0.717, 1.165) is 17.5 Å². The molecule has 0 unspecified atom stereocenters. The molecule has 2 N–H and O–H groups in total. The van der Waals surface area contributed by atoms with E-state index in [1.165, 1.54) is 6.26 Å². The Kier molecular flexibility index (Phi) is 6.55. The highest BCUT2D eigenvalue weighted by Gasteiger charge is 2.19. The third kappa shape index (κ3) is 5.64. The predicted octanol–water partition coefficient (Wildman–Crippen LogP) is 2.43. The summed E-state index contributed by atoms with van der Waals surface area (Å²) in [6.07, 6.45) is 4.30. The normalized spacial score (nSPS) is 13.8. The fraction of sp³-hybridized carbons (Fsp3) is 0.304. The first-order valence-corrected chi connectivity index (χ1v) is 12.5. The lowest BCUT2D eigenvalue weighted by Crippen LogP contribution is -2.27. The number of rotatable bonds is 7.